The summed E-state index contributed by atoms with van der Waals surface area (Å²) in [5, 5.41) is 4.56. The van der Waals surface area contributed by atoms with Gasteiger partial charge in [-0.1, -0.05) is 194 Å². The maximum Gasteiger partial charge on any atom is 0.240 e. The first-order valence-corrected chi connectivity index (χ1v) is 21.0. The number of hydrogen-bond donors (Lipinski definition) is 0. The van der Waals surface area contributed by atoms with E-state index in [4.69, 9.17) is 15.0 Å². The first-order chi connectivity index (χ1) is 30.8. The molecule has 0 aliphatic carbocycles. The molecule has 12 aromatic rings. The van der Waals surface area contributed by atoms with Crippen LogP contribution in [0.3, 0.4) is 0 Å². The van der Waals surface area contributed by atoms with Crippen molar-refractivity contribution in [3.63, 3.8) is 0 Å². The third-order valence-corrected chi connectivity index (χ3v) is 12.0. The second-order valence-electron chi connectivity index (χ2n) is 15.6. The Morgan fingerprint density at radius 3 is 1.24 bits per heavy atom. The van der Waals surface area contributed by atoms with Crippen LogP contribution in [0.5, 0.6) is 0 Å². The molecule has 3 aromatic heterocycles. The number of fused-ring (bicyclic) bond motifs is 6. The number of benzene rings is 9. The van der Waals surface area contributed by atoms with Crippen molar-refractivity contribution in [1.82, 2.24) is 24.1 Å². The van der Waals surface area contributed by atoms with Crippen molar-refractivity contribution in [2.75, 3.05) is 0 Å². The van der Waals surface area contributed by atoms with Crippen molar-refractivity contribution in [3.05, 3.63) is 224 Å². The Labute approximate surface area is 358 Å². The summed E-state index contributed by atoms with van der Waals surface area (Å²) < 4.78 is 4.39. The van der Waals surface area contributed by atoms with Gasteiger partial charge >= 0.3 is 0 Å². The van der Waals surface area contributed by atoms with E-state index in [1.165, 1.54) is 16.7 Å². The Balaban J connectivity index is 1.10. The average Bonchev–Trinajstić information content (AvgIpc) is 3.87. The lowest BCUT2D eigenvalue weighted by Crippen LogP contribution is -2.10. The molecule has 5 heteroatoms. The summed E-state index contributed by atoms with van der Waals surface area (Å²) in [5.41, 5.74) is 14.2. The van der Waals surface area contributed by atoms with Gasteiger partial charge in [-0.2, -0.15) is 15.0 Å². The van der Waals surface area contributed by atoms with Crippen LogP contribution < -0.4 is 0 Å². The van der Waals surface area contributed by atoms with Crippen molar-refractivity contribution in [2.24, 2.45) is 0 Å². The van der Waals surface area contributed by atoms with Crippen LogP contribution in [0, 0.1) is 0 Å². The van der Waals surface area contributed by atoms with E-state index < -0.39 is 0 Å². The topological polar surface area (TPSA) is 48.5 Å². The summed E-state index contributed by atoms with van der Waals surface area (Å²) in [4.78, 5) is 16.2. The minimum Gasteiger partial charge on any atom is -0.278 e. The molecule has 290 valence electrons. The van der Waals surface area contributed by atoms with Gasteiger partial charge in [0.25, 0.3) is 0 Å². The van der Waals surface area contributed by atoms with Crippen LogP contribution in [0.15, 0.2) is 224 Å². The zero-order valence-corrected chi connectivity index (χ0v) is 33.6. The van der Waals surface area contributed by atoms with Gasteiger partial charge < -0.3 is 0 Å². The van der Waals surface area contributed by atoms with E-state index in [0.29, 0.717) is 17.7 Å². The molecular weight excluding hydrogens is 755 g/mol. The maximum absolute atomic E-state index is 5.42. The zero-order chi connectivity index (χ0) is 41.0. The molecule has 0 aliphatic rings. The molecule has 0 spiro atoms. The second kappa shape index (κ2) is 14.7. The molecule has 9 aromatic carbocycles. The van der Waals surface area contributed by atoms with Crippen molar-refractivity contribution >= 4 is 43.6 Å². The summed E-state index contributed by atoms with van der Waals surface area (Å²) in [6.07, 6.45) is 0. The van der Waals surface area contributed by atoms with Crippen LogP contribution in [0.1, 0.15) is 0 Å². The molecule has 0 bridgehead atoms. The fourth-order valence-electron chi connectivity index (χ4n) is 9.20. The first-order valence-electron chi connectivity index (χ1n) is 21.0. The highest BCUT2D eigenvalue weighted by molar-refractivity contribution is 6.11. The predicted octanol–water partition coefficient (Wildman–Crippen LogP) is 14.4. The highest BCUT2D eigenvalue weighted by Gasteiger charge is 2.21. The van der Waals surface area contributed by atoms with E-state index in [1.54, 1.807) is 0 Å². The minimum atomic E-state index is 0.547. The fraction of sp³-hybridized carbons (Fsp3) is 0. The largest absolute Gasteiger partial charge is 0.278 e. The van der Waals surface area contributed by atoms with Gasteiger partial charge in [-0.05, 0) is 74.8 Å². The maximum atomic E-state index is 5.42. The van der Waals surface area contributed by atoms with Crippen molar-refractivity contribution in [2.45, 2.75) is 0 Å². The summed E-state index contributed by atoms with van der Waals surface area (Å²) in [5.74, 6) is 1.68. The number of hydrogen-bond acceptors (Lipinski definition) is 3. The summed E-state index contributed by atoms with van der Waals surface area (Å²) in [7, 11) is 0. The van der Waals surface area contributed by atoms with Crippen LogP contribution in [0.4, 0.5) is 0 Å². The molecule has 5 nitrogen and oxygen atoms in total. The van der Waals surface area contributed by atoms with Crippen LogP contribution in [0.2, 0.25) is 0 Å². The number of para-hydroxylation sites is 3. The number of nitrogens with zero attached hydrogens (tertiary/aromatic N) is 5. The van der Waals surface area contributed by atoms with Gasteiger partial charge in [0.2, 0.25) is 11.9 Å². The van der Waals surface area contributed by atoms with E-state index >= 15 is 0 Å². The summed E-state index contributed by atoms with van der Waals surface area (Å²) in [6, 6.07) is 79.3. The molecule has 12 rings (SSSR count). The second-order valence-corrected chi connectivity index (χ2v) is 15.6. The first kappa shape index (κ1) is 35.5. The smallest absolute Gasteiger partial charge is 0.240 e. The Morgan fingerprint density at radius 1 is 0.242 bits per heavy atom. The van der Waals surface area contributed by atoms with Crippen molar-refractivity contribution < 1.29 is 0 Å². The predicted molar refractivity (Wildman–Crippen MR) is 256 cm³/mol. The highest BCUT2D eigenvalue weighted by Crippen LogP contribution is 2.40. The van der Waals surface area contributed by atoms with Gasteiger partial charge in [0.05, 0.1) is 22.1 Å². The van der Waals surface area contributed by atoms with Gasteiger partial charge in [-0.15, -0.1) is 0 Å². The van der Waals surface area contributed by atoms with E-state index in [9.17, 15) is 0 Å². The van der Waals surface area contributed by atoms with Crippen LogP contribution in [-0.2, 0) is 0 Å². The summed E-state index contributed by atoms with van der Waals surface area (Å²) >= 11 is 0. The fourth-order valence-corrected chi connectivity index (χ4v) is 9.20. The van der Waals surface area contributed by atoms with Gasteiger partial charge in [-0.3, -0.25) is 9.13 Å². The highest BCUT2D eigenvalue weighted by atomic mass is 15.3. The lowest BCUT2D eigenvalue weighted by atomic mass is 9.89. The molecule has 3 heterocycles. The van der Waals surface area contributed by atoms with Crippen LogP contribution in [-0.4, -0.2) is 24.1 Å². The lowest BCUT2D eigenvalue weighted by Gasteiger charge is -2.16. The van der Waals surface area contributed by atoms with Gasteiger partial charge in [0, 0.05) is 27.1 Å². The van der Waals surface area contributed by atoms with E-state index in [1.807, 2.05) is 0 Å². The number of aromatic nitrogens is 5. The molecular formula is C57H37N5. The Hall–Kier alpha value is -8.41. The van der Waals surface area contributed by atoms with E-state index in [-0.39, 0.29) is 0 Å². The third-order valence-electron chi connectivity index (χ3n) is 12.0. The molecule has 0 saturated heterocycles. The monoisotopic (exact) mass is 791 g/mol. The Morgan fingerprint density at radius 2 is 0.661 bits per heavy atom. The molecule has 0 amide bonds. The van der Waals surface area contributed by atoms with Crippen molar-refractivity contribution in [3.8, 4) is 67.8 Å². The summed E-state index contributed by atoms with van der Waals surface area (Å²) in [6.45, 7) is 0. The molecule has 0 saturated carbocycles. The van der Waals surface area contributed by atoms with Gasteiger partial charge in [0.1, 0.15) is 0 Å². The van der Waals surface area contributed by atoms with E-state index in [0.717, 1.165) is 77.0 Å². The van der Waals surface area contributed by atoms with E-state index in [2.05, 4.69) is 234 Å². The van der Waals surface area contributed by atoms with Crippen LogP contribution >= 0.6 is 0 Å². The quantitative estimate of drug-likeness (QED) is 0.162. The minimum absolute atomic E-state index is 0.547. The molecule has 0 fully saturated rings. The molecule has 0 N–H and O–H groups in total. The van der Waals surface area contributed by atoms with Gasteiger partial charge in [0.15, 0.2) is 5.82 Å². The average molecular weight is 792 g/mol. The SMILES string of the molecule is c1ccc(-c2ccc3c4ccccc4n(-c4nc(-c5cccc(-c6ccccc6-c6ccccc6-c6ccccc6)c5)nc(-n5c6ccccc6c6ccccc65)n4)c3c2)cc1. The standard InChI is InChI=1S/C57H37N5/c1-3-18-38(19-4-1)40-34-35-50-49-30-13-16-33-53(49)62(54(50)37-40)57-59-55(58-56(60-57)61-51-31-14-11-28-47(51)48-29-12-15-32-52(48)61)42-23-17-22-41(36-42)44-25-8-10-27-46(44)45-26-9-7-24-43(45)39-20-5-2-6-21-39/h1-37H. The van der Waals surface area contributed by atoms with Crippen LogP contribution in [0.25, 0.3) is 111 Å². The molecule has 0 atom stereocenters. The molecule has 0 unspecified atom stereocenters. The Bertz CT molecular complexity index is 3590. The zero-order valence-electron chi connectivity index (χ0n) is 33.6. The Kier molecular flexibility index (Phi) is 8.42. The molecule has 0 radical (unpaired) electrons. The molecule has 0 aliphatic heterocycles. The van der Waals surface area contributed by atoms with Crippen molar-refractivity contribution in [1.29, 1.82) is 0 Å². The van der Waals surface area contributed by atoms with Gasteiger partial charge in [-0.25, -0.2) is 0 Å². The number of rotatable bonds is 7. The third kappa shape index (κ3) is 5.90. The normalized spacial score (nSPS) is 11.5. The molecule has 62 heavy (non-hydrogen) atoms. The lowest BCUT2D eigenvalue weighted by molar-refractivity contribution is 0.893.